The highest BCUT2D eigenvalue weighted by atomic mass is 16.5. The lowest BCUT2D eigenvalue weighted by atomic mass is 10.1. The Morgan fingerprint density at radius 2 is 1.73 bits per heavy atom. The van der Waals surface area contributed by atoms with Gasteiger partial charge in [-0.15, -0.1) is 0 Å². The number of rotatable bonds is 7. The highest BCUT2D eigenvalue weighted by Crippen LogP contribution is 2.14. The normalized spacial score (nSPS) is 10.0. The first-order valence-electron chi connectivity index (χ1n) is 7.17. The quantitative estimate of drug-likeness (QED) is 0.578. The van der Waals surface area contributed by atoms with Crippen LogP contribution in [0.25, 0.3) is 0 Å². The summed E-state index contributed by atoms with van der Waals surface area (Å²) in [6, 6.07) is 14.0. The van der Waals surface area contributed by atoms with E-state index in [4.69, 9.17) is 9.47 Å². The molecule has 2 aromatic rings. The Hall–Kier alpha value is -2.62. The molecule has 0 spiro atoms. The Bertz CT molecular complexity index is 615. The van der Waals surface area contributed by atoms with Crippen LogP contribution in [0.4, 0.5) is 0 Å². The zero-order valence-corrected chi connectivity index (χ0v) is 12.5. The number of carbonyl (C=O) groups is 2. The lowest BCUT2D eigenvalue weighted by Crippen LogP contribution is -2.06. The van der Waals surface area contributed by atoms with Crippen molar-refractivity contribution < 1.29 is 19.1 Å². The zero-order chi connectivity index (χ0) is 15.8. The van der Waals surface area contributed by atoms with Crippen LogP contribution < -0.4 is 4.74 Å². The van der Waals surface area contributed by atoms with Crippen LogP contribution in [0, 0.1) is 0 Å². The van der Waals surface area contributed by atoms with E-state index in [2.05, 4.69) is 0 Å². The number of aldehydes is 1. The van der Waals surface area contributed by atoms with Gasteiger partial charge in [0, 0.05) is 5.56 Å². The molecule has 0 aliphatic rings. The molecule has 4 nitrogen and oxygen atoms in total. The number of benzene rings is 2. The van der Waals surface area contributed by atoms with Gasteiger partial charge < -0.3 is 9.47 Å². The van der Waals surface area contributed by atoms with Crippen molar-refractivity contribution in [1.82, 2.24) is 0 Å². The van der Waals surface area contributed by atoms with Crippen molar-refractivity contribution >= 4 is 12.3 Å². The van der Waals surface area contributed by atoms with Crippen molar-refractivity contribution in [3.63, 3.8) is 0 Å². The molecule has 114 valence electrons. The largest absolute Gasteiger partial charge is 0.489 e. The maximum Gasteiger partial charge on any atom is 0.338 e. The average Bonchev–Trinajstić information content (AvgIpc) is 2.58. The van der Waals surface area contributed by atoms with Crippen LogP contribution in [0.2, 0.25) is 0 Å². The van der Waals surface area contributed by atoms with Crippen molar-refractivity contribution in [1.29, 1.82) is 0 Å². The molecule has 2 rings (SSSR count). The number of hydrogen-bond donors (Lipinski definition) is 0. The van der Waals surface area contributed by atoms with Gasteiger partial charge in [-0.25, -0.2) is 4.79 Å². The molecule has 4 heteroatoms. The molecule has 0 radical (unpaired) electrons. The number of ether oxygens (including phenoxy) is 2. The van der Waals surface area contributed by atoms with Crippen LogP contribution in [0.15, 0.2) is 48.5 Å². The Morgan fingerprint density at radius 3 is 2.32 bits per heavy atom. The van der Waals surface area contributed by atoms with Crippen LogP contribution in [0.1, 0.15) is 39.6 Å². The summed E-state index contributed by atoms with van der Waals surface area (Å²) in [5.41, 5.74) is 2.10. The van der Waals surface area contributed by atoms with E-state index in [0.717, 1.165) is 18.3 Å². The second-order valence-electron chi connectivity index (χ2n) is 4.81. The van der Waals surface area contributed by atoms with Gasteiger partial charge in [0.2, 0.25) is 0 Å². The molecule has 2 aromatic carbocycles. The summed E-state index contributed by atoms with van der Waals surface area (Å²) in [6.07, 6.45) is 1.60. The Balaban J connectivity index is 1.90. The summed E-state index contributed by atoms with van der Waals surface area (Å²) >= 11 is 0. The highest BCUT2D eigenvalue weighted by Gasteiger charge is 2.06. The second-order valence-corrected chi connectivity index (χ2v) is 4.81. The van der Waals surface area contributed by atoms with Crippen LogP contribution in [0.5, 0.6) is 5.75 Å². The Kier molecular flexibility index (Phi) is 5.72. The molecule has 0 amide bonds. The van der Waals surface area contributed by atoms with Crippen molar-refractivity contribution in [3.8, 4) is 5.75 Å². The third-order valence-electron chi connectivity index (χ3n) is 3.05. The molecule has 22 heavy (non-hydrogen) atoms. The maximum absolute atomic E-state index is 11.7. The minimum Gasteiger partial charge on any atom is -0.489 e. The van der Waals surface area contributed by atoms with Gasteiger partial charge in [-0.3, -0.25) is 4.79 Å². The summed E-state index contributed by atoms with van der Waals surface area (Å²) in [4.78, 5) is 22.2. The molecule has 0 aromatic heterocycles. The fourth-order valence-electron chi connectivity index (χ4n) is 1.82. The fraction of sp³-hybridized carbons (Fsp3) is 0.222. The van der Waals surface area contributed by atoms with Gasteiger partial charge in [0.25, 0.3) is 0 Å². The predicted octanol–water partition coefficient (Wildman–Crippen LogP) is 3.64. The van der Waals surface area contributed by atoms with Crippen LogP contribution >= 0.6 is 0 Å². The molecule has 0 atom stereocenters. The van der Waals surface area contributed by atoms with Crippen molar-refractivity contribution in [2.24, 2.45) is 0 Å². The van der Waals surface area contributed by atoms with E-state index in [1.807, 2.05) is 19.1 Å². The van der Waals surface area contributed by atoms with E-state index >= 15 is 0 Å². The molecule has 0 bridgehead atoms. The van der Waals surface area contributed by atoms with E-state index in [1.165, 1.54) is 0 Å². The summed E-state index contributed by atoms with van der Waals surface area (Å²) in [7, 11) is 0. The summed E-state index contributed by atoms with van der Waals surface area (Å²) in [5.74, 6) is 0.385. The molecule has 0 fully saturated rings. The smallest absolute Gasteiger partial charge is 0.338 e. The lowest BCUT2D eigenvalue weighted by Gasteiger charge is -2.07. The minimum absolute atomic E-state index is 0.307. The molecular weight excluding hydrogens is 280 g/mol. The van der Waals surface area contributed by atoms with Gasteiger partial charge in [0.1, 0.15) is 18.6 Å². The predicted molar refractivity (Wildman–Crippen MR) is 83.2 cm³/mol. The van der Waals surface area contributed by atoms with E-state index in [0.29, 0.717) is 30.1 Å². The van der Waals surface area contributed by atoms with Gasteiger partial charge in [-0.1, -0.05) is 19.1 Å². The number of carbonyl (C=O) groups excluding carboxylic acids is 2. The number of esters is 1. The molecular formula is C18H18O4. The molecule has 0 saturated carbocycles. The van der Waals surface area contributed by atoms with E-state index in [1.54, 1.807) is 36.4 Å². The van der Waals surface area contributed by atoms with Gasteiger partial charge >= 0.3 is 5.97 Å². The first-order valence-corrected chi connectivity index (χ1v) is 7.17. The van der Waals surface area contributed by atoms with E-state index < -0.39 is 0 Å². The Labute approximate surface area is 129 Å². The second kappa shape index (κ2) is 7.98. The monoisotopic (exact) mass is 298 g/mol. The first kappa shape index (κ1) is 15.8. The van der Waals surface area contributed by atoms with Gasteiger partial charge in [-0.05, 0) is 48.4 Å². The SMILES string of the molecule is CCCOC(=O)c1ccc(COc2ccc(C=O)cc2)cc1. The highest BCUT2D eigenvalue weighted by molar-refractivity contribution is 5.89. The van der Waals surface area contributed by atoms with E-state index in [9.17, 15) is 9.59 Å². The molecule has 0 saturated heterocycles. The molecule has 0 aliphatic carbocycles. The summed E-state index contributed by atoms with van der Waals surface area (Å²) < 4.78 is 10.7. The molecule has 0 heterocycles. The zero-order valence-electron chi connectivity index (χ0n) is 12.5. The fourth-order valence-corrected chi connectivity index (χ4v) is 1.82. The van der Waals surface area contributed by atoms with Crippen molar-refractivity contribution in [2.45, 2.75) is 20.0 Å². The third kappa shape index (κ3) is 4.45. The third-order valence-corrected chi connectivity index (χ3v) is 3.05. The molecule has 0 unspecified atom stereocenters. The first-order chi connectivity index (χ1) is 10.7. The minimum atomic E-state index is -0.307. The van der Waals surface area contributed by atoms with Crippen LogP contribution in [-0.2, 0) is 11.3 Å². The standard InChI is InChI=1S/C18H18O4/c1-2-11-21-18(20)16-7-3-15(4-8-16)13-22-17-9-5-14(12-19)6-10-17/h3-10,12H,2,11,13H2,1H3. The molecule has 0 N–H and O–H groups in total. The van der Waals surface area contributed by atoms with Crippen LogP contribution in [-0.4, -0.2) is 18.9 Å². The number of hydrogen-bond acceptors (Lipinski definition) is 4. The van der Waals surface area contributed by atoms with Gasteiger partial charge in [0.05, 0.1) is 12.2 Å². The molecule has 0 aliphatic heterocycles. The van der Waals surface area contributed by atoms with Crippen LogP contribution in [0.3, 0.4) is 0 Å². The Morgan fingerprint density at radius 1 is 1.05 bits per heavy atom. The maximum atomic E-state index is 11.7. The van der Waals surface area contributed by atoms with Gasteiger partial charge in [-0.2, -0.15) is 0 Å². The average molecular weight is 298 g/mol. The van der Waals surface area contributed by atoms with Gasteiger partial charge in [0.15, 0.2) is 0 Å². The van der Waals surface area contributed by atoms with Crippen molar-refractivity contribution in [2.75, 3.05) is 6.61 Å². The lowest BCUT2D eigenvalue weighted by molar-refractivity contribution is 0.0505. The summed E-state index contributed by atoms with van der Waals surface area (Å²) in [6.45, 7) is 2.78. The summed E-state index contributed by atoms with van der Waals surface area (Å²) in [5, 5.41) is 0. The topological polar surface area (TPSA) is 52.6 Å². The van der Waals surface area contributed by atoms with Crippen molar-refractivity contribution in [3.05, 3.63) is 65.2 Å². The van der Waals surface area contributed by atoms with E-state index in [-0.39, 0.29) is 5.97 Å².